The highest BCUT2D eigenvalue weighted by molar-refractivity contribution is 7.13. The second kappa shape index (κ2) is 8.90. The molecule has 1 aromatic heterocycles. The maximum absolute atomic E-state index is 13.4. The number of piperidine rings is 2. The van der Waals surface area contributed by atoms with Gasteiger partial charge < -0.3 is 15.1 Å². The van der Waals surface area contributed by atoms with Crippen LogP contribution in [0.25, 0.3) is 0 Å². The van der Waals surface area contributed by atoms with E-state index in [4.69, 9.17) is 0 Å². The third-order valence-electron chi connectivity index (χ3n) is 6.50. The molecular weight excluding hydrogens is 426 g/mol. The number of aromatic nitrogens is 1. The molecule has 1 N–H and O–H groups in total. The number of nitrogens with one attached hydrogen (secondary N) is 1. The molecule has 0 saturated carbocycles. The molecule has 32 heavy (non-hydrogen) atoms. The lowest BCUT2D eigenvalue weighted by Crippen LogP contribution is -2.56. The van der Waals surface area contributed by atoms with E-state index in [0.717, 1.165) is 63.8 Å². The first-order valence-corrected chi connectivity index (χ1v) is 12.2. The minimum atomic E-state index is -0.295. The third-order valence-corrected chi connectivity index (χ3v) is 7.19. The summed E-state index contributed by atoms with van der Waals surface area (Å²) < 4.78 is 0. The smallest absolute Gasteiger partial charge is 0.253 e. The van der Waals surface area contributed by atoms with Gasteiger partial charge in [0.25, 0.3) is 5.91 Å². The van der Waals surface area contributed by atoms with E-state index in [1.165, 1.54) is 11.3 Å². The number of thiazole rings is 1. The third kappa shape index (κ3) is 3.97. The highest BCUT2D eigenvalue weighted by Gasteiger charge is 2.40. The molecule has 0 aliphatic carbocycles. The number of hydrogen-bond acceptors (Lipinski definition) is 6. The molecule has 3 aliphatic rings. The maximum Gasteiger partial charge on any atom is 0.253 e. The number of benzene rings is 1. The van der Waals surface area contributed by atoms with Crippen LogP contribution >= 0.6 is 11.3 Å². The average Bonchev–Trinajstić information content (AvgIpc) is 3.34. The molecular formula is C23H27N5O3S. The normalized spacial score (nSPS) is 20.6. The van der Waals surface area contributed by atoms with Crippen molar-refractivity contribution in [1.82, 2.24) is 9.88 Å². The van der Waals surface area contributed by atoms with E-state index in [1.807, 2.05) is 17.0 Å². The Kier molecular flexibility index (Phi) is 5.82. The van der Waals surface area contributed by atoms with Gasteiger partial charge in [0.15, 0.2) is 5.13 Å². The topological polar surface area (TPSA) is 85.9 Å². The van der Waals surface area contributed by atoms with Crippen LogP contribution in [-0.4, -0.2) is 59.8 Å². The first kappa shape index (κ1) is 20.9. The summed E-state index contributed by atoms with van der Waals surface area (Å²) in [6.45, 7) is 2.24. The Bertz CT molecular complexity index is 1020. The summed E-state index contributed by atoms with van der Waals surface area (Å²) in [6.07, 6.45) is 7.62. The van der Waals surface area contributed by atoms with Crippen LogP contribution in [0.3, 0.4) is 0 Å². The maximum atomic E-state index is 13.4. The van der Waals surface area contributed by atoms with E-state index < -0.39 is 0 Å². The molecule has 2 saturated heterocycles. The van der Waals surface area contributed by atoms with Crippen LogP contribution in [0.4, 0.5) is 16.5 Å². The van der Waals surface area contributed by atoms with Gasteiger partial charge in [0, 0.05) is 36.8 Å². The lowest BCUT2D eigenvalue weighted by atomic mass is 9.95. The first-order chi connectivity index (χ1) is 15.6. The highest BCUT2D eigenvalue weighted by Crippen LogP contribution is 2.40. The fraction of sp³-hybridized carbons (Fsp3) is 0.478. The SMILES string of the molecule is O=C(CN1C(=O)[C@@H]2CCCCN2c2ccc(C(=O)N3CCCCC3)cc21)Nc1nccs1. The van der Waals surface area contributed by atoms with Crippen molar-refractivity contribution in [2.75, 3.05) is 41.3 Å². The highest BCUT2D eigenvalue weighted by atomic mass is 32.1. The number of amides is 3. The van der Waals surface area contributed by atoms with Crippen LogP contribution in [0.15, 0.2) is 29.8 Å². The monoisotopic (exact) mass is 453 g/mol. The average molecular weight is 454 g/mol. The van der Waals surface area contributed by atoms with Gasteiger partial charge in [0.05, 0.1) is 11.4 Å². The molecule has 3 aliphatic heterocycles. The first-order valence-electron chi connectivity index (χ1n) is 11.3. The van der Waals surface area contributed by atoms with Crippen molar-refractivity contribution in [2.45, 2.75) is 44.6 Å². The molecule has 3 amide bonds. The summed E-state index contributed by atoms with van der Waals surface area (Å²) in [5.41, 5.74) is 2.14. The second-order valence-electron chi connectivity index (χ2n) is 8.57. The van der Waals surface area contributed by atoms with Gasteiger partial charge in [0.2, 0.25) is 11.8 Å². The molecule has 1 atom stereocenters. The van der Waals surface area contributed by atoms with Crippen molar-refractivity contribution in [3.05, 3.63) is 35.3 Å². The molecule has 8 nitrogen and oxygen atoms in total. The van der Waals surface area contributed by atoms with Crippen molar-refractivity contribution < 1.29 is 14.4 Å². The Morgan fingerprint density at radius 2 is 1.88 bits per heavy atom. The lowest BCUT2D eigenvalue weighted by Gasteiger charge is -2.45. The number of fused-ring (bicyclic) bond motifs is 3. The van der Waals surface area contributed by atoms with Crippen LogP contribution in [0.1, 0.15) is 48.9 Å². The number of anilines is 3. The van der Waals surface area contributed by atoms with E-state index in [-0.39, 0.29) is 30.3 Å². The molecule has 5 rings (SSSR count). The summed E-state index contributed by atoms with van der Waals surface area (Å²) in [6, 6.07) is 5.35. The predicted molar refractivity (Wildman–Crippen MR) is 124 cm³/mol. The lowest BCUT2D eigenvalue weighted by molar-refractivity contribution is -0.123. The van der Waals surface area contributed by atoms with Crippen LogP contribution in [-0.2, 0) is 9.59 Å². The Morgan fingerprint density at radius 1 is 1.06 bits per heavy atom. The zero-order valence-corrected chi connectivity index (χ0v) is 18.8. The fourth-order valence-electron chi connectivity index (χ4n) is 4.92. The number of rotatable bonds is 4. The molecule has 0 bridgehead atoms. The van der Waals surface area contributed by atoms with Gasteiger partial charge in [-0.15, -0.1) is 11.3 Å². The standard InChI is InChI=1S/C23H27N5O3S/c29-20(25-23-24-9-13-32-23)15-28-19-14-16(21(30)26-10-3-1-4-11-26)7-8-17(19)27-12-5-2-6-18(27)22(28)31/h7-9,13-14,18H,1-6,10-12,15H2,(H,24,25,29)/t18-/m0/s1. The van der Waals surface area contributed by atoms with Gasteiger partial charge >= 0.3 is 0 Å². The largest absolute Gasteiger partial charge is 0.358 e. The molecule has 2 aromatic rings. The van der Waals surface area contributed by atoms with Gasteiger partial charge in [0.1, 0.15) is 12.6 Å². The van der Waals surface area contributed by atoms with Gasteiger partial charge in [-0.3, -0.25) is 19.3 Å². The van der Waals surface area contributed by atoms with Crippen LogP contribution in [0.2, 0.25) is 0 Å². The molecule has 9 heteroatoms. The molecule has 0 unspecified atom stereocenters. The van der Waals surface area contributed by atoms with Crippen LogP contribution < -0.4 is 15.1 Å². The Balaban J connectivity index is 1.46. The van der Waals surface area contributed by atoms with E-state index in [9.17, 15) is 14.4 Å². The van der Waals surface area contributed by atoms with Gasteiger partial charge in [-0.05, 0) is 56.7 Å². The minimum absolute atomic E-state index is 0.00657. The Morgan fingerprint density at radius 3 is 2.66 bits per heavy atom. The molecule has 1 aromatic carbocycles. The summed E-state index contributed by atoms with van der Waals surface area (Å²) >= 11 is 1.34. The van der Waals surface area contributed by atoms with Crippen molar-refractivity contribution in [2.24, 2.45) is 0 Å². The van der Waals surface area contributed by atoms with E-state index in [0.29, 0.717) is 16.4 Å². The van der Waals surface area contributed by atoms with Crippen molar-refractivity contribution in [1.29, 1.82) is 0 Å². The van der Waals surface area contributed by atoms with E-state index in [2.05, 4.69) is 15.2 Å². The number of carbonyl (C=O) groups is 3. The van der Waals surface area contributed by atoms with Crippen LogP contribution in [0, 0.1) is 0 Å². The number of likely N-dealkylation sites (tertiary alicyclic amines) is 1. The quantitative estimate of drug-likeness (QED) is 0.769. The Hall–Kier alpha value is -2.94. The number of hydrogen-bond donors (Lipinski definition) is 1. The zero-order chi connectivity index (χ0) is 22.1. The Labute approximate surface area is 191 Å². The zero-order valence-electron chi connectivity index (χ0n) is 18.0. The molecule has 168 valence electrons. The fourth-order valence-corrected chi connectivity index (χ4v) is 5.47. The van der Waals surface area contributed by atoms with E-state index in [1.54, 1.807) is 22.5 Å². The molecule has 4 heterocycles. The minimum Gasteiger partial charge on any atom is -0.358 e. The summed E-state index contributed by atoms with van der Waals surface area (Å²) in [5.74, 6) is -0.377. The van der Waals surface area contributed by atoms with Gasteiger partial charge in [-0.1, -0.05) is 0 Å². The van der Waals surface area contributed by atoms with Crippen LogP contribution in [0.5, 0.6) is 0 Å². The van der Waals surface area contributed by atoms with Gasteiger partial charge in [-0.25, -0.2) is 4.98 Å². The summed E-state index contributed by atoms with van der Waals surface area (Å²) in [4.78, 5) is 49.0. The van der Waals surface area contributed by atoms with Crippen molar-refractivity contribution in [3.8, 4) is 0 Å². The van der Waals surface area contributed by atoms with Gasteiger partial charge in [-0.2, -0.15) is 0 Å². The van der Waals surface area contributed by atoms with E-state index >= 15 is 0 Å². The summed E-state index contributed by atoms with van der Waals surface area (Å²) in [5, 5.41) is 5.06. The molecule has 0 spiro atoms. The number of carbonyl (C=O) groups excluding carboxylic acids is 3. The van der Waals surface area contributed by atoms with Crippen molar-refractivity contribution in [3.63, 3.8) is 0 Å². The predicted octanol–water partition coefficient (Wildman–Crippen LogP) is 3.11. The molecule has 2 fully saturated rings. The van der Waals surface area contributed by atoms with Crippen molar-refractivity contribution >= 4 is 45.6 Å². The summed E-state index contributed by atoms with van der Waals surface area (Å²) in [7, 11) is 0. The molecule has 0 radical (unpaired) electrons. The number of nitrogens with zero attached hydrogens (tertiary/aromatic N) is 4. The second-order valence-corrected chi connectivity index (χ2v) is 9.47.